The normalized spacial score (nSPS) is 11.4. The topological polar surface area (TPSA) is 93.4 Å². The van der Waals surface area contributed by atoms with Crippen LogP contribution in [0.25, 0.3) is 5.69 Å². The molecule has 0 radical (unpaired) electrons. The van der Waals surface area contributed by atoms with Crippen LogP contribution < -0.4 is 15.2 Å². The first-order valence-electron chi connectivity index (χ1n) is 11.8. The Hall–Kier alpha value is -4.11. The molecule has 0 unspecified atom stereocenters. The molecule has 0 saturated heterocycles. The van der Waals surface area contributed by atoms with Crippen LogP contribution in [0, 0.1) is 27.7 Å². The van der Waals surface area contributed by atoms with Gasteiger partial charge in [0.05, 0.1) is 22.0 Å². The number of nitrogens with zero attached hydrogens (tertiary/aromatic N) is 3. The van der Waals surface area contributed by atoms with Gasteiger partial charge in [-0.15, -0.1) is 0 Å². The van der Waals surface area contributed by atoms with Crippen LogP contribution in [0.5, 0.6) is 0 Å². The molecule has 1 heterocycles. The Morgan fingerprint density at radius 3 is 2.16 bits per heavy atom. The molecule has 8 nitrogen and oxygen atoms in total. The molecule has 1 aromatic heterocycles. The monoisotopic (exact) mass is 518 g/mol. The van der Waals surface area contributed by atoms with Crippen molar-refractivity contribution in [1.29, 1.82) is 0 Å². The van der Waals surface area contributed by atoms with E-state index in [9.17, 15) is 18.0 Å². The largest absolute Gasteiger partial charge is 0.318 e. The summed E-state index contributed by atoms with van der Waals surface area (Å²) >= 11 is 0. The lowest BCUT2D eigenvalue weighted by Crippen LogP contribution is -2.39. The number of hydrogen-bond acceptors (Lipinski definition) is 4. The van der Waals surface area contributed by atoms with E-state index in [0.717, 1.165) is 21.0 Å². The highest BCUT2D eigenvalue weighted by molar-refractivity contribution is 7.92. The molecule has 1 N–H and O–H groups in total. The van der Waals surface area contributed by atoms with Gasteiger partial charge in [-0.3, -0.25) is 18.6 Å². The lowest BCUT2D eigenvalue weighted by atomic mass is 10.1. The summed E-state index contributed by atoms with van der Waals surface area (Å²) in [7, 11) is -2.35. The van der Waals surface area contributed by atoms with Gasteiger partial charge in [0.2, 0.25) is 5.91 Å². The van der Waals surface area contributed by atoms with Crippen LogP contribution in [0.2, 0.25) is 0 Å². The number of rotatable bonds is 7. The van der Waals surface area contributed by atoms with Gasteiger partial charge in [0.1, 0.15) is 12.2 Å². The molecule has 0 aliphatic rings. The molecule has 4 aromatic rings. The fourth-order valence-corrected chi connectivity index (χ4v) is 5.47. The molecule has 37 heavy (non-hydrogen) atoms. The first-order valence-corrected chi connectivity index (χ1v) is 13.2. The second-order valence-corrected chi connectivity index (χ2v) is 10.9. The third-order valence-electron chi connectivity index (χ3n) is 6.49. The summed E-state index contributed by atoms with van der Waals surface area (Å²) < 4.78 is 31.5. The molecular formula is C28H30N4O4S. The van der Waals surface area contributed by atoms with Gasteiger partial charge in [-0.05, 0) is 75.2 Å². The minimum Gasteiger partial charge on any atom is -0.318 e. The average molecular weight is 519 g/mol. The molecule has 0 bridgehead atoms. The van der Waals surface area contributed by atoms with Crippen molar-refractivity contribution in [2.24, 2.45) is 7.05 Å². The van der Waals surface area contributed by atoms with Crippen LogP contribution in [0.1, 0.15) is 22.4 Å². The molecule has 9 heteroatoms. The van der Waals surface area contributed by atoms with Crippen molar-refractivity contribution in [2.75, 3.05) is 16.2 Å². The van der Waals surface area contributed by atoms with Crippen molar-refractivity contribution in [3.05, 3.63) is 106 Å². The molecule has 0 aliphatic heterocycles. The van der Waals surface area contributed by atoms with E-state index in [4.69, 9.17) is 0 Å². The lowest BCUT2D eigenvalue weighted by molar-refractivity contribution is -0.114. The fourth-order valence-electron chi connectivity index (χ4n) is 4.05. The molecule has 0 fully saturated rings. The number of aromatic nitrogens is 2. The first-order chi connectivity index (χ1) is 17.5. The van der Waals surface area contributed by atoms with E-state index >= 15 is 0 Å². The van der Waals surface area contributed by atoms with Crippen LogP contribution in [-0.2, 0) is 21.9 Å². The number of para-hydroxylation sites is 1. The summed E-state index contributed by atoms with van der Waals surface area (Å²) in [5.74, 6) is -0.625. The maximum atomic E-state index is 13.7. The van der Waals surface area contributed by atoms with Gasteiger partial charge in [-0.1, -0.05) is 42.0 Å². The van der Waals surface area contributed by atoms with E-state index < -0.39 is 28.0 Å². The molecule has 3 aromatic carbocycles. The first kappa shape index (κ1) is 26.0. The fraction of sp³-hybridized carbons (Fsp3) is 0.214. The quantitative estimate of drug-likeness (QED) is 0.396. The standard InChI is InChI=1S/C28H30N4O4S/c1-19-11-15-25(16-12-19)37(35,36)31(24-14-13-20(2)21(3)17-24)18-26(33)29-27-22(4)30(5)32(28(27)34)23-9-7-6-8-10-23/h6-17H,18H2,1-5H3,(H,29,33). The Labute approximate surface area is 216 Å². The minimum atomic E-state index is -4.07. The summed E-state index contributed by atoms with van der Waals surface area (Å²) in [6.07, 6.45) is 0. The van der Waals surface area contributed by atoms with Crippen LogP contribution >= 0.6 is 0 Å². The molecule has 192 valence electrons. The Morgan fingerprint density at radius 2 is 1.54 bits per heavy atom. The van der Waals surface area contributed by atoms with Gasteiger partial charge in [-0.2, -0.15) is 0 Å². The number of carbonyl (C=O) groups is 1. The van der Waals surface area contributed by atoms with Gasteiger partial charge in [0.25, 0.3) is 15.6 Å². The third-order valence-corrected chi connectivity index (χ3v) is 8.28. The van der Waals surface area contributed by atoms with Crippen molar-refractivity contribution < 1.29 is 13.2 Å². The van der Waals surface area contributed by atoms with E-state index in [1.165, 1.54) is 16.8 Å². The number of benzene rings is 3. The number of aryl methyl sites for hydroxylation is 3. The number of carbonyl (C=O) groups excluding carboxylic acids is 1. The second kappa shape index (κ2) is 10.1. The highest BCUT2D eigenvalue weighted by Crippen LogP contribution is 2.26. The summed E-state index contributed by atoms with van der Waals surface area (Å²) in [4.78, 5) is 26.6. The molecule has 1 amide bonds. The summed E-state index contributed by atoms with van der Waals surface area (Å²) in [6.45, 7) is 6.91. The van der Waals surface area contributed by atoms with Crippen molar-refractivity contribution in [1.82, 2.24) is 9.36 Å². The molecule has 4 rings (SSSR count). The number of sulfonamides is 1. The van der Waals surface area contributed by atoms with Crippen LogP contribution in [0.4, 0.5) is 11.4 Å². The molecule has 0 atom stereocenters. The molecular weight excluding hydrogens is 488 g/mol. The lowest BCUT2D eigenvalue weighted by Gasteiger charge is -2.25. The predicted molar refractivity (Wildman–Crippen MR) is 146 cm³/mol. The predicted octanol–water partition coefficient (Wildman–Crippen LogP) is 4.24. The average Bonchev–Trinajstić information content (AvgIpc) is 3.08. The third kappa shape index (κ3) is 5.08. The zero-order valence-electron chi connectivity index (χ0n) is 21.5. The highest BCUT2D eigenvalue weighted by atomic mass is 32.2. The number of amides is 1. The van der Waals surface area contributed by atoms with Crippen molar-refractivity contribution in [3.8, 4) is 5.69 Å². The van der Waals surface area contributed by atoms with Crippen molar-refractivity contribution in [3.63, 3.8) is 0 Å². The van der Waals surface area contributed by atoms with Crippen molar-refractivity contribution in [2.45, 2.75) is 32.6 Å². The molecule has 0 saturated carbocycles. The van der Waals surface area contributed by atoms with E-state index in [1.54, 1.807) is 55.1 Å². The molecule has 0 aliphatic carbocycles. The Morgan fingerprint density at radius 1 is 0.892 bits per heavy atom. The van der Waals surface area contributed by atoms with E-state index in [1.807, 2.05) is 45.0 Å². The Kier molecular flexibility index (Phi) is 7.09. The van der Waals surface area contributed by atoms with E-state index in [0.29, 0.717) is 17.1 Å². The van der Waals surface area contributed by atoms with Gasteiger partial charge < -0.3 is 5.32 Å². The maximum absolute atomic E-state index is 13.7. The van der Waals surface area contributed by atoms with Crippen LogP contribution in [0.15, 0.2) is 82.5 Å². The number of nitrogens with one attached hydrogen (secondary N) is 1. The van der Waals surface area contributed by atoms with Crippen LogP contribution in [-0.4, -0.2) is 30.2 Å². The number of hydrogen-bond donors (Lipinski definition) is 1. The summed E-state index contributed by atoms with van der Waals surface area (Å²) in [5.41, 5.74) is 4.07. The van der Waals surface area contributed by atoms with E-state index in [-0.39, 0.29) is 10.6 Å². The zero-order chi connectivity index (χ0) is 26.9. The summed E-state index contributed by atoms with van der Waals surface area (Å²) in [6, 6.07) is 20.8. The van der Waals surface area contributed by atoms with Crippen molar-refractivity contribution >= 4 is 27.3 Å². The SMILES string of the molecule is Cc1ccc(S(=O)(=O)N(CC(=O)Nc2c(C)n(C)n(-c3ccccc3)c2=O)c2ccc(C)c(C)c2)cc1. The minimum absolute atomic E-state index is 0.0754. The van der Waals surface area contributed by atoms with Gasteiger partial charge in [0, 0.05) is 7.05 Å². The molecule has 0 spiro atoms. The smallest absolute Gasteiger partial charge is 0.295 e. The van der Waals surface area contributed by atoms with Crippen LogP contribution in [0.3, 0.4) is 0 Å². The Bertz CT molecular complexity index is 1620. The second-order valence-electron chi connectivity index (χ2n) is 9.08. The van der Waals surface area contributed by atoms with Gasteiger partial charge in [-0.25, -0.2) is 13.1 Å². The number of anilines is 2. The summed E-state index contributed by atoms with van der Waals surface area (Å²) in [5, 5.41) is 2.67. The highest BCUT2D eigenvalue weighted by Gasteiger charge is 2.28. The maximum Gasteiger partial charge on any atom is 0.295 e. The van der Waals surface area contributed by atoms with Gasteiger partial charge in [0.15, 0.2) is 0 Å². The Balaban J connectivity index is 1.71. The van der Waals surface area contributed by atoms with E-state index in [2.05, 4.69) is 5.32 Å². The van der Waals surface area contributed by atoms with Gasteiger partial charge >= 0.3 is 0 Å². The zero-order valence-corrected chi connectivity index (χ0v) is 22.3.